The molecule has 0 radical (unpaired) electrons. The van der Waals surface area contributed by atoms with Gasteiger partial charge in [-0.2, -0.15) is 5.10 Å². The minimum Gasteiger partial charge on any atom is -0.332 e. The zero-order valence-electron chi connectivity index (χ0n) is 10.3. The molecule has 0 aliphatic rings. The molecule has 2 rings (SSSR count). The smallest absolute Gasteiger partial charge is 0.175 e. The van der Waals surface area contributed by atoms with Gasteiger partial charge in [-0.1, -0.05) is 11.6 Å². The predicted molar refractivity (Wildman–Crippen MR) is 79.3 cm³/mol. The van der Waals surface area contributed by atoms with Gasteiger partial charge < -0.3 is 10.6 Å². The van der Waals surface area contributed by atoms with E-state index in [1.807, 2.05) is 13.8 Å². The van der Waals surface area contributed by atoms with E-state index in [0.717, 1.165) is 17.1 Å². The van der Waals surface area contributed by atoms with Gasteiger partial charge in [0.25, 0.3) is 0 Å². The molecule has 0 saturated heterocycles. The van der Waals surface area contributed by atoms with E-state index in [9.17, 15) is 4.39 Å². The van der Waals surface area contributed by atoms with Gasteiger partial charge in [0.05, 0.1) is 22.1 Å². The van der Waals surface area contributed by atoms with E-state index < -0.39 is 5.82 Å². The van der Waals surface area contributed by atoms with Gasteiger partial charge in [0, 0.05) is 5.69 Å². The van der Waals surface area contributed by atoms with Crippen LogP contribution in [0.5, 0.6) is 0 Å². The van der Waals surface area contributed by atoms with Crippen molar-refractivity contribution in [3.8, 4) is 0 Å². The molecule has 1 heterocycles. The van der Waals surface area contributed by atoms with Crippen molar-refractivity contribution < 1.29 is 4.39 Å². The van der Waals surface area contributed by atoms with Crippen LogP contribution in [0.3, 0.4) is 0 Å². The SMILES string of the molecule is Cc1n[nH]c(C)c1NC(=S)Nc1ccc(F)c(Cl)c1. The van der Waals surface area contributed by atoms with Crippen molar-refractivity contribution in [1.29, 1.82) is 0 Å². The minimum atomic E-state index is -0.465. The Hall–Kier alpha value is -1.66. The van der Waals surface area contributed by atoms with Crippen molar-refractivity contribution in [2.45, 2.75) is 13.8 Å². The first-order valence-electron chi connectivity index (χ1n) is 5.52. The van der Waals surface area contributed by atoms with Gasteiger partial charge in [-0.05, 0) is 44.3 Å². The summed E-state index contributed by atoms with van der Waals surface area (Å²) in [5.74, 6) is -0.465. The Kier molecular flexibility index (Phi) is 4.01. The van der Waals surface area contributed by atoms with Crippen LogP contribution in [0, 0.1) is 19.7 Å². The van der Waals surface area contributed by atoms with E-state index in [2.05, 4.69) is 20.8 Å². The van der Waals surface area contributed by atoms with Gasteiger partial charge in [0.2, 0.25) is 0 Å². The van der Waals surface area contributed by atoms with Crippen LogP contribution in [0.1, 0.15) is 11.4 Å². The zero-order chi connectivity index (χ0) is 14.0. The highest BCUT2D eigenvalue weighted by Crippen LogP contribution is 2.20. The molecule has 0 saturated carbocycles. The zero-order valence-corrected chi connectivity index (χ0v) is 11.9. The predicted octanol–water partition coefficient (Wildman–Crippen LogP) is 3.63. The van der Waals surface area contributed by atoms with E-state index in [1.165, 1.54) is 12.1 Å². The second-order valence-electron chi connectivity index (χ2n) is 4.02. The number of aryl methyl sites for hydroxylation is 2. The van der Waals surface area contributed by atoms with E-state index in [-0.39, 0.29) is 5.02 Å². The Balaban J connectivity index is 2.07. The molecule has 1 aromatic heterocycles. The molecule has 2 aromatic rings. The summed E-state index contributed by atoms with van der Waals surface area (Å²) < 4.78 is 13.0. The van der Waals surface area contributed by atoms with Gasteiger partial charge in [0.15, 0.2) is 5.11 Å². The molecule has 0 fully saturated rings. The van der Waals surface area contributed by atoms with Crippen LogP contribution in [0.2, 0.25) is 5.02 Å². The molecule has 1 aromatic carbocycles. The highest BCUT2D eigenvalue weighted by molar-refractivity contribution is 7.80. The summed E-state index contributed by atoms with van der Waals surface area (Å²) in [7, 11) is 0. The Morgan fingerprint density at radius 2 is 2.11 bits per heavy atom. The van der Waals surface area contributed by atoms with Crippen LogP contribution in [-0.4, -0.2) is 15.3 Å². The van der Waals surface area contributed by atoms with Crippen molar-refractivity contribution in [2.24, 2.45) is 0 Å². The maximum Gasteiger partial charge on any atom is 0.175 e. The van der Waals surface area contributed by atoms with Crippen LogP contribution in [0.15, 0.2) is 18.2 Å². The minimum absolute atomic E-state index is 0.0449. The normalized spacial score (nSPS) is 10.3. The van der Waals surface area contributed by atoms with Crippen molar-refractivity contribution >= 4 is 40.3 Å². The standard InChI is InChI=1S/C12H12ClFN4S/c1-6-11(7(2)18-17-6)16-12(19)15-8-3-4-10(14)9(13)5-8/h3-5H,1-2H3,(H,17,18)(H2,15,16,19). The summed E-state index contributed by atoms with van der Waals surface area (Å²) in [5.41, 5.74) is 3.14. The van der Waals surface area contributed by atoms with Crippen LogP contribution in [0.4, 0.5) is 15.8 Å². The van der Waals surface area contributed by atoms with E-state index in [1.54, 1.807) is 6.07 Å². The molecule has 0 atom stereocenters. The number of rotatable bonds is 2. The molecule has 0 unspecified atom stereocenters. The van der Waals surface area contributed by atoms with Gasteiger partial charge in [-0.25, -0.2) is 4.39 Å². The quantitative estimate of drug-likeness (QED) is 0.741. The number of nitrogens with zero attached hydrogens (tertiary/aromatic N) is 1. The Morgan fingerprint density at radius 1 is 1.37 bits per heavy atom. The summed E-state index contributed by atoms with van der Waals surface area (Å²) >= 11 is 10.9. The molecular weight excluding hydrogens is 287 g/mol. The Bertz CT molecular complexity index is 607. The van der Waals surface area contributed by atoms with Crippen molar-refractivity contribution in [1.82, 2.24) is 10.2 Å². The fourth-order valence-corrected chi connectivity index (χ4v) is 1.99. The lowest BCUT2D eigenvalue weighted by atomic mass is 10.3. The largest absolute Gasteiger partial charge is 0.332 e. The summed E-state index contributed by atoms with van der Waals surface area (Å²) in [5, 5.41) is 13.3. The molecule has 7 heteroatoms. The molecule has 0 aliphatic heterocycles. The van der Waals surface area contributed by atoms with Crippen molar-refractivity contribution in [3.63, 3.8) is 0 Å². The lowest BCUT2D eigenvalue weighted by Crippen LogP contribution is -2.19. The van der Waals surface area contributed by atoms with Crippen LogP contribution in [-0.2, 0) is 0 Å². The molecule has 3 N–H and O–H groups in total. The lowest BCUT2D eigenvalue weighted by molar-refractivity contribution is 0.628. The second kappa shape index (κ2) is 5.54. The summed E-state index contributed by atoms with van der Waals surface area (Å²) in [6.45, 7) is 3.75. The van der Waals surface area contributed by atoms with Gasteiger partial charge in [-0.15, -0.1) is 0 Å². The van der Waals surface area contributed by atoms with E-state index in [0.29, 0.717) is 10.8 Å². The van der Waals surface area contributed by atoms with Gasteiger partial charge in [-0.3, -0.25) is 5.10 Å². The topological polar surface area (TPSA) is 52.7 Å². The first-order valence-corrected chi connectivity index (χ1v) is 6.30. The monoisotopic (exact) mass is 298 g/mol. The lowest BCUT2D eigenvalue weighted by Gasteiger charge is -2.11. The average molecular weight is 299 g/mol. The number of aromatic amines is 1. The van der Waals surface area contributed by atoms with E-state index >= 15 is 0 Å². The highest BCUT2D eigenvalue weighted by atomic mass is 35.5. The van der Waals surface area contributed by atoms with E-state index in [4.69, 9.17) is 23.8 Å². The van der Waals surface area contributed by atoms with Crippen LogP contribution in [0.25, 0.3) is 0 Å². The molecule has 100 valence electrons. The molecule has 0 spiro atoms. The highest BCUT2D eigenvalue weighted by Gasteiger charge is 2.08. The third-order valence-corrected chi connectivity index (χ3v) is 3.04. The third kappa shape index (κ3) is 3.21. The number of H-pyrrole nitrogens is 1. The first kappa shape index (κ1) is 13.8. The van der Waals surface area contributed by atoms with Gasteiger partial charge in [0.1, 0.15) is 5.82 Å². The van der Waals surface area contributed by atoms with Crippen molar-refractivity contribution in [2.75, 3.05) is 10.6 Å². The molecule has 4 nitrogen and oxygen atoms in total. The number of hydrogen-bond donors (Lipinski definition) is 3. The molecule has 0 aliphatic carbocycles. The molecule has 0 bridgehead atoms. The maximum atomic E-state index is 13.0. The number of hydrogen-bond acceptors (Lipinski definition) is 2. The maximum absolute atomic E-state index is 13.0. The fraction of sp³-hybridized carbons (Fsp3) is 0.167. The molecule has 0 amide bonds. The summed E-state index contributed by atoms with van der Waals surface area (Å²) in [4.78, 5) is 0. The number of thiocarbonyl (C=S) groups is 1. The number of nitrogens with one attached hydrogen (secondary N) is 3. The Morgan fingerprint density at radius 3 is 2.68 bits per heavy atom. The average Bonchev–Trinajstić information content (AvgIpc) is 2.66. The fourth-order valence-electron chi connectivity index (χ4n) is 1.58. The summed E-state index contributed by atoms with van der Waals surface area (Å²) in [6, 6.07) is 4.31. The summed E-state index contributed by atoms with van der Waals surface area (Å²) in [6.07, 6.45) is 0. The third-order valence-electron chi connectivity index (χ3n) is 2.54. The second-order valence-corrected chi connectivity index (χ2v) is 4.83. The van der Waals surface area contributed by atoms with Gasteiger partial charge >= 0.3 is 0 Å². The number of halogens is 2. The van der Waals surface area contributed by atoms with Crippen LogP contribution >= 0.6 is 23.8 Å². The molecule has 19 heavy (non-hydrogen) atoms. The first-order chi connectivity index (χ1) is 8.97. The number of benzene rings is 1. The molecular formula is C12H12ClFN4S. The Labute approximate surface area is 120 Å². The number of aromatic nitrogens is 2. The van der Waals surface area contributed by atoms with Crippen molar-refractivity contribution in [3.05, 3.63) is 40.4 Å². The van der Waals surface area contributed by atoms with Crippen LogP contribution < -0.4 is 10.6 Å². The number of anilines is 2.